The van der Waals surface area contributed by atoms with Crippen molar-refractivity contribution in [3.05, 3.63) is 0 Å². The van der Waals surface area contributed by atoms with Crippen molar-refractivity contribution in [1.82, 2.24) is 0 Å². The van der Waals surface area contributed by atoms with Crippen molar-refractivity contribution in [3.63, 3.8) is 0 Å². The van der Waals surface area contributed by atoms with Gasteiger partial charge in [-0.25, -0.2) is 0 Å². The van der Waals surface area contributed by atoms with Gasteiger partial charge >= 0.3 is 11.9 Å². The van der Waals surface area contributed by atoms with Crippen LogP contribution in [-0.4, -0.2) is 48.1 Å². The van der Waals surface area contributed by atoms with Crippen LogP contribution < -0.4 is 0 Å². The van der Waals surface area contributed by atoms with E-state index in [0.717, 1.165) is 12.8 Å². The molecule has 4 unspecified atom stereocenters. The first-order valence-electron chi connectivity index (χ1n) is 6.58. The van der Waals surface area contributed by atoms with Crippen LogP contribution in [0, 0.1) is 0 Å². The van der Waals surface area contributed by atoms with Gasteiger partial charge in [0.05, 0.1) is 12.2 Å². The lowest BCUT2D eigenvalue weighted by Gasteiger charge is -2.38. The Bertz CT molecular complexity index is 316. The molecule has 0 aromatic heterocycles. The second kappa shape index (κ2) is 7.45. The van der Waals surface area contributed by atoms with Gasteiger partial charge in [0.2, 0.25) is 0 Å². The van der Waals surface area contributed by atoms with Crippen LogP contribution in [0.15, 0.2) is 0 Å². The second-order valence-corrected chi connectivity index (χ2v) is 4.76. The summed E-state index contributed by atoms with van der Waals surface area (Å²) in [5.41, 5.74) is 0. The lowest BCUT2D eigenvalue weighted by Crippen LogP contribution is -2.52. The third-order valence-electron chi connectivity index (χ3n) is 2.98. The number of esters is 2. The number of carbonyl (C=O) groups is 2. The van der Waals surface area contributed by atoms with E-state index in [-0.39, 0.29) is 12.7 Å². The fourth-order valence-corrected chi connectivity index (χ4v) is 2.22. The fourth-order valence-electron chi connectivity index (χ4n) is 2.22. The van der Waals surface area contributed by atoms with Gasteiger partial charge in [-0.15, -0.1) is 0 Å². The standard InChI is InChI=1S/C13H22O6/c1-4-5-10-6-11(16)13(18-9(3)15)12(19-10)7-17-8(2)14/h10-13,16H,4-7H2,1-3H3. The molecule has 0 radical (unpaired) electrons. The molecule has 4 atom stereocenters. The van der Waals surface area contributed by atoms with Gasteiger partial charge in [0, 0.05) is 20.3 Å². The van der Waals surface area contributed by atoms with E-state index in [1.54, 1.807) is 0 Å². The summed E-state index contributed by atoms with van der Waals surface area (Å²) < 4.78 is 15.7. The summed E-state index contributed by atoms with van der Waals surface area (Å²) in [6.07, 6.45) is -0.154. The van der Waals surface area contributed by atoms with Crippen LogP contribution in [0.1, 0.15) is 40.0 Å². The zero-order valence-corrected chi connectivity index (χ0v) is 11.6. The van der Waals surface area contributed by atoms with E-state index in [1.165, 1.54) is 13.8 Å². The Morgan fingerprint density at radius 1 is 1.32 bits per heavy atom. The van der Waals surface area contributed by atoms with Crippen LogP contribution in [0.4, 0.5) is 0 Å². The minimum absolute atomic E-state index is 0.0233. The smallest absolute Gasteiger partial charge is 0.303 e. The molecule has 0 aromatic carbocycles. The fraction of sp³-hybridized carbons (Fsp3) is 0.846. The van der Waals surface area contributed by atoms with Crippen molar-refractivity contribution in [3.8, 4) is 0 Å². The molecule has 0 aromatic rings. The maximum absolute atomic E-state index is 11.1. The first kappa shape index (κ1) is 15.9. The Morgan fingerprint density at radius 3 is 2.53 bits per heavy atom. The topological polar surface area (TPSA) is 82.1 Å². The Kier molecular flexibility index (Phi) is 6.24. The molecule has 0 saturated carbocycles. The SMILES string of the molecule is CCCC1CC(O)C(OC(C)=O)C(COC(C)=O)O1. The van der Waals surface area contributed by atoms with Gasteiger partial charge in [0.15, 0.2) is 6.10 Å². The highest BCUT2D eigenvalue weighted by Crippen LogP contribution is 2.26. The van der Waals surface area contributed by atoms with Crippen LogP contribution >= 0.6 is 0 Å². The minimum Gasteiger partial charge on any atom is -0.463 e. The number of aliphatic hydroxyl groups excluding tert-OH is 1. The number of carbonyl (C=O) groups excluding carboxylic acids is 2. The molecule has 1 saturated heterocycles. The average Bonchev–Trinajstić information content (AvgIpc) is 2.30. The summed E-state index contributed by atoms with van der Waals surface area (Å²) in [5.74, 6) is -0.924. The minimum atomic E-state index is -0.797. The largest absolute Gasteiger partial charge is 0.463 e. The molecule has 19 heavy (non-hydrogen) atoms. The Labute approximate surface area is 113 Å². The highest BCUT2D eigenvalue weighted by atomic mass is 16.6. The molecule has 0 aliphatic carbocycles. The molecule has 0 bridgehead atoms. The van der Waals surface area contributed by atoms with Gasteiger partial charge in [0.25, 0.3) is 0 Å². The summed E-state index contributed by atoms with van der Waals surface area (Å²) in [5, 5.41) is 10.1. The van der Waals surface area contributed by atoms with Gasteiger partial charge in [-0.2, -0.15) is 0 Å². The molecule has 110 valence electrons. The van der Waals surface area contributed by atoms with Gasteiger partial charge in [-0.1, -0.05) is 13.3 Å². The van der Waals surface area contributed by atoms with E-state index < -0.39 is 30.3 Å². The first-order chi connectivity index (χ1) is 8.93. The Morgan fingerprint density at radius 2 is 2.00 bits per heavy atom. The van der Waals surface area contributed by atoms with Crippen molar-refractivity contribution in [1.29, 1.82) is 0 Å². The molecule has 1 N–H and O–H groups in total. The maximum Gasteiger partial charge on any atom is 0.303 e. The quantitative estimate of drug-likeness (QED) is 0.747. The van der Waals surface area contributed by atoms with Gasteiger partial charge in [0.1, 0.15) is 12.7 Å². The lowest BCUT2D eigenvalue weighted by molar-refractivity contribution is -0.206. The van der Waals surface area contributed by atoms with E-state index in [1.807, 2.05) is 6.92 Å². The zero-order chi connectivity index (χ0) is 14.4. The van der Waals surface area contributed by atoms with E-state index in [0.29, 0.717) is 6.42 Å². The third-order valence-corrected chi connectivity index (χ3v) is 2.98. The molecule has 1 aliphatic rings. The lowest BCUT2D eigenvalue weighted by atomic mass is 9.95. The highest BCUT2D eigenvalue weighted by molar-refractivity contribution is 5.66. The summed E-state index contributed by atoms with van der Waals surface area (Å²) in [4.78, 5) is 21.9. The van der Waals surface area contributed by atoms with Crippen LogP contribution in [-0.2, 0) is 23.8 Å². The molecule has 6 nitrogen and oxygen atoms in total. The predicted octanol–water partition coefficient (Wildman–Crippen LogP) is 0.800. The molecule has 1 heterocycles. The van der Waals surface area contributed by atoms with Crippen LogP contribution in [0.5, 0.6) is 0 Å². The van der Waals surface area contributed by atoms with Crippen LogP contribution in [0.2, 0.25) is 0 Å². The number of hydrogen-bond donors (Lipinski definition) is 1. The summed E-state index contributed by atoms with van der Waals surface area (Å²) in [6.45, 7) is 4.57. The molecule has 1 rings (SSSR count). The average molecular weight is 274 g/mol. The highest BCUT2D eigenvalue weighted by Gasteiger charge is 2.40. The number of ether oxygens (including phenoxy) is 3. The molecule has 1 fully saturated rings. The number of hydrogen-bond acceptors (Lipinski definition) is 6. The first-order valence-corrected chi connectivity index (χ1v) is 6.58. The monoisotopic (exact) mass is 274 g/mol. The molecular formula is C13H22O6. The van der Waals surface area contributed by atoms with Crippen LogP contribution in [0.3, 0.4) is 0 Å². The summed E-state index contributed by atoms with van der Waals surface area (Å²) >= 11 is 0. The molecular weight excluding hydrogens is 252 g/mol. The van der Waals surface area contributed by atoms with Crippen LogP contribution in [0.25, 0.3) is 0 Å². The van der Waals surface area contributed by atoms with Crippen molar-refractivity contribution in [2.75, 3.05) is 6.61 Å². The molecule has 0 amide bonds. The maximum atomic E-state index is 11.1. The number of rotatable bonds is 5. The Hall–Kier alpha value is -1.14. The second-order valence-electron chi connectivity index (χ2n) is 4.76. The van der Waals surface area contributed by atoms with Gasteiger partial charge in [-0.05, 0) is 6.42 Å². The van der Waals surface area contributed by atoms with E-state index >= 15 is 0 Å². The van der Waals surface area contributed by atoms with Crippen molar-refractivity contribution in [2.45, 2.75) is 64.4 Å². The molecule has 0 spiro atoms. The van der Waals surface area contributed by atoms with Gasteiger partial charge < -0.3 is 19.3 Å². The summed E-state index contributed by atoms with van der Waals surface area (Å²) in [6, 6.07) is 0. The van der Waals surface area contributed by atoms with Crippen molar-refractivity contribution in [2.24, 2.45) is 0 Å². The van der Waals surface area contributed by atoms with Gasteiger partial charge in [-0.3, -0.25) is 9.59 Å². The normalized spacial score (nSPS) is 30.7. The van der Waals surface area contributed by atoms with E-state index in [2.05, 4.69) is 0 Å². The Balaban J connectivity index is 2.68. The zero-order valence-electron chi connectivity index (χ0n) is 11.6. The van der Waals surface area contributed by atoms with Crippen molar-refractivity contribution >= 4 is 11.9 Å². The van der Waals surface area contributed by atoms with Crippen molar-refractivity contribution < 1.29 is 28.9 Å². The molecule has 1 aliphatic heterocycles. The summed E-state index contributed by atoms with van der Waals surface area (Å²) in [7, 11) is 0. The third kappa shape index (κ3) is 5.16. The molecule has 6 heteroatoms. The number of aliphatic hydroxyl groups is 1. The van der Waals surface area contributed by atoms with E-state index in [4.69, 9.17) is 14.2 Å². The van der Waals surface area contributed by atoms with E-state index in [9.17, 15) is 14.7 Å². The predicted molar refractivity (Wildman–Crippen MR) is 66.4 cm³/mol.